The molecule has 1 fully saturated rings. The molecule has 1 heterocycles. The third-order valence-electron chi connectivity index (χ3n) is 2.84. The Balaban J connectivity index is 0.00000289. The molecule has 0 aliphatic carbocycles. The molecule has 0 spiro atoms. The summed E-state index contributed by atoms with van der Waals surface area (Å²) < 4.78 is 0. The maximum atomic E-state index is 11.5. The number of rotatable bonds is 6. The van der Waals surface area contributed by atoms with E-state index >= 15 is 0 Å². The third kappa shape index (κ3) is 7.50. The summed E-state index contributed by atoms with van der Waals surface area (Å²) in [5.41, 5.74) is 0. The first kappa shape index (κ1) is 17.2. The first-order chi connectivity index (χ1) is 8.08. The maximum Gasteiger partial charge on any atom is 0.239 e. The van der Waals surface area contributed by atoms with E-state index in [1.807, 2.05) is 13.8 Å². The number of nitrogens with one attached hydrogen (secondary N) is 3. The van der Waals surface area contributed by atoms with Crippen LogP contribution in [0.25, 0.3) is 0 Å². The Morgan fingerprint density at radius 1 is 1.33 bits per heavy atom. The van der Waals surface area contributed by atoms with Crippen molar-refractivity contribution in [2.45, 2.75) is 39.2 Å². The van der Waals surface area contributed by atoms with Gasteiger partial charge in [-0.25, -0.2) is 0 Å². The molecule has 5 nitrogen and oxygen atoms in total. The Hall–Kier alpha value is -0.810. The molecule has 1 saturated heterocycles. The SMILES string of the molecule is CC(C)NC(=O)CNC(=O)CCC1CCNC1.Cl. The summed E-state index contributed by atoms with van der Waals surface area (Å²) in [5, 5.41) is 8.64. The number of halogens is 1. The molecule has 3 N–H and O–H groups in total. The Morgan fingerprint density at radius 3 is 2.61 bits per heavy atom. The maximum absolute atomic E-state index is 11.5. The van der Waals surface area contributed by atoms with E-state index in [4.69, 9.17) is 0 Å². The fourth-order valence-electron chi connectivity index (χ4n) is 1.94. The quantitative estimate of drug-likeness (QED) is 0.660. The molecule has 0 aromatic heterocycles. The normalized spacial score (nSPS) is 18.3. The summed E-state index contributed by atoms with van der Waals surface area (Å²) in [6.45, 7) is 5.95. The minimum atomic E-state index is -0.129. The minimum absolute atomic E-state index is 0. The number of amides is 2. The summed E-state index contributed by atoms with van der Waals surface area (Å²) >= 11 is 0. The van der Waals surface area contributed by atoms with Crippen molar-refractivity contribution in [3.8, 4) is 0 Å². The van der Waals surface area contributed by atoms with Crippen molar-refractivity contribution in [2.75, 3.05) is 19.6 Å². The summed E-state index contributed by atoms with van der Waals surface area (Å²) in [4.78, 5) is 22.8. The smallest absolute Gasteiger partial charge is 0.239 e. The second-order valence-electron chi connectivity index (χ2n) is 4.90. The monoisotopic (exact) mass is 277 g/mol. The molecule has 0 aromatic carbocycles. The fraction of sp³-hybridized carbons (Fsp3) is 0.833. The molecule has 1 aliphatic rings. The molecular formula is C12H24ClN3O2. The molecule has 2 amide bonds. The van der Waals surface area contributed by atoms with Gasteiger partial charge in [0.25, 0.3) is 0 Å². The van der Waals surface area contributed by atoms with Crippen molar-refractivity contribution in [1.82, 2.24) is 16.0 Å². The van der Waals surface area contributed by atoms with Crippen molar-refractivity contribution >= 4 is 24.2 Å². The average molecular weight is 278 g/mol. The van der Waals surface area contributed by atoms with Gasteiger partial charge in [0.05, 0.1) is 6.54 Å². The molecule has 18 heavy (non-hydrogen) atoms. The second kappa shape index (κ2) is 9.16. The van der Waals surface area contributed by atoms with Gasteiger partial charge in [-0.15, -0.1) is 12.4 Å². The molecular weight excluding hydrogens is 254 g/mol. The Bertz CT molecular complexity index is 266. The number of carbonyl (C=O) groups excluding carboxylic acids is 2. The van der Waals surface area contributed by atoms with Gasteiger partial charge in [0.1, 0.15) is 0 Å². The first-order valence-electron chi connectivity index (χ1n) is 6.34. The van der Waals surface area contributed by atoms with Gasteiger partial charge in [-0.05, 0) is 45.7 Å². The lowest BCUT2D eigenvalue weighted by atomic mass is 10.0. The Morgan fingerprint density at radius 2 is 2.06 bits per heavy atom. The van der Waals surface area contributed by atoms with Gasteiger partial charge in [-0.2, -0.15) is 0 Å². The molecule has 106 valence electrons. The van der Waals surface area contributed by atoms with E-state index in [-0.39, 0.29) is 36.8 Å². The highest BCUT2D eigenvalue weighted by Crippen LogP contribution is 2.13. The zero-order chi connectivity index (χ0) is 12.7. The molecule has 6 heteroatoms. The van der Waals surface area contributed by atoms with Gasteiger partial charge in [-0.1, -0.05) is 0 Å². The number of carbonyl (C=O) groups is 2. The lowest BCUT2D eigenvalue weighted by molar-refractivity contribution is -0.126. The molecule has 0 saturated carbocycles. The van der Waals surface area contributed by atoms with E-state index in [0.717, 1.165) is 25.9 Å². The second-order valence-corrected chi connectivity index (χ2v) is 4.90. The highest BCUT2D eigenvalue weighted by molar-refractivity contribution is 5.85. The van der Waals surface area contributed by atoms with E-state index in [1.54, 1.807) is 0 Å². The highest BCUT2D eigenvalue weighted by Gasteiger charge is 2.15. The standard InChI is InChI=1S/C12H23N3O2.ClH/c1-9(2)15-12(17)8-14-11(16)4-3-10-5-6-13-7-10;/h9-10,13H,3-8H2,1-2H3,(H,14,16)(H,15,17);1H. The Kier molecular flexibility index (Phi) is 8.75. The van der Waals surface area contributed by atoms with E-state index in [2.05, 4.69) is 16.0 Å². The lowest BCUT2D eigenvalue weighted by Crippen LogP contribution is -2.39. The van der Waals surface area contributed by atoms with Gasteiger partial charge in [0.15, 0.2) is 0 Å². The highest BCUT2D eigenvalue weighted by atomic mass is 35.5. The predicted octanol–water partition coefficient (Wildman–Crippen LogP) is 0.439. The van der Waals surface area contributed by atoms with Gasteiger partial charge in [0, 0.05) is 12.5 Å². The fourth-order valence-corrected chi connectivity index (χ4v) is 1.94. The van der Waals surface area contributed by atoms with E-state index < -0.39 is 0 Å². The van der Waals surface area contributed by atoms with Crippen LogP contribution in [0.3, 0.4) is 0 Å². The van der Waals surface area contributed by atoms with Crippen molar-refractivity contribution in [3.05, 3.63) is 0 Å². The van der Waals surface area contributed by atoms with Crippen LogP contribution >= 0.6 is 12.4 Å². The van der Waals surface area contributed by atoms with Crippen LogP contribution in [0.1, 0.15) is 33.1 Å². The zero-order valence-electron chi connectivity index (χ0n) is 11.1. The zero-order valence-corrected chi connectivity index (χ0v) is 11.9. The number of hydrogen-bond acceptors (Lipinski definition) is 3. The molecule has 1 aliphatic heterocycles. The van der Waals surface area contributed by atoms with Gasteiger partial charge in [0.2, 0.25) is 11.8 Å². The van der Waals surface area contributed by atoms with E-state index in [0.29, 0.717) is 12.3 Å². The van der Waals surface area contributed by atoms with Crippen LogP contribution in [0.4, 0.5) is 0 Å². The van der Waals surface area contributed by atoms with Gasteiger partial charge in [-0.3, -0.25) is 9.59 Å². The lowest BCUT2D eigenvalue weighted by Gasteiger charge is -2.10. The van der Waals surface area contributed by atoms with Crippen molar-refractivity contribution < 1.29 is 9.59 Å². The van der Waals surface area contributed by atoms with Crippen LogP contribution in [-0.4, -0.2) is 37.5 Å². The van der Waals surface area contributed by atoms with Crippen LogP contribution in [0, 0.1) is 5.92 Å². The van der Waals surface area contributed by atoms with E-state index in [1.165, 1.54) is 0 Å². The summed E-state index contributed by atoms with van der Waals surface area (Å²) in [6.07, 6.45) is 2.58. The summed E-state index contributed by atoms with van der Waals surface area (Å²) in [7, 11) is 0. The molecule has 1 atom stereocenters. The van der Waals surface area contributed by atoms with Crippen LogP contribution in [0.2, 0.25) is 0 Å². The van der Waals surface area contributed by atoms with Crippen molar-refractivity contribution in [2.24, 2.45) is 5.92 Å². The van der Waals surface area contributed by atoms with Crippen molar-refractivity contribution in [1.29, 1.82) is 0 Å². The minimum Gasteiger partial charge on any atom is -0.352 e. The van der Waals surface area contributed by atoms with Crippen LogP contribution in [-0.2, 0) is 9.59 Å². The van der Waals surface area contributed by atoms with Crippen LogP contribution < -0.4 is 16.0 Å². The van der Waals surface area contributed by atoms with Crippen LogP contribution in [0.5, 0.6) is 0 Å². The summed E-state index contributed by atoms with van der Waals surface area (Å²) in [6, 6.07) is 0.115. The van der Waals surface area contributed by atoms with Gasteiger partial charge >= 0.3 is 0 Å². The van der Waals surface area contributed by atoms with Crippen LogP contribution in [0.15, 0.2) is 0 Å². The third-order valence-corrected chi connectivity index (χ3v) is 2.84. The van der Waals surface area contributed by atoms with E-state index in [9.17, 15) is 9.59 Å². The molecule has 0 bridgehead atoms. The average Bonchev–Trinajstić information content (AvgIpc) is 2.75. The van der Waals surface area contributed by atoms with Crippen molar-refractivity contribution in [3.63, 3.8) is 0 Å². The molecule has 0 aromatic rings. The molecule has 0 radical (unpaired) electrons. The largest absolute Gasteiger partial charge is 0.352 e. The predicted molar refractivity (Wildman–Crippen MR) is 73.7 cm³/mol. The topological polar surface area (TPSA) is 70.2 Å². The molecule has 1 unspecified atom stereocenters. The molecule has 1 rings (SSSR count). The van der Waals surface area contributed by atoms with Gasteiger partial charge < -0.3 is 16.0 Å². The first-order valence-corrected chi connectivity index (χ1v) is 6.34. The Labute approximate surface area is 115 Å². The summed E-state index contributed by atoms with van der Waals surface area (Å²) in [5.74, 6) is 0.455. The number of hydrogen-bond donors (Lipinski definition) is 3.